The first-order valence-corrected chi connectivity index (χ1v) is 10.8. The van der Waals surface area contributed by atoms with E-state index in [2.05, 4.69) is 5.32 Å². The van der Waals surface area contributed by atoms with E-state index in [0.29, 0.717) is 22.7 Å². The predicted molar refractivity (Wildman–Crippen MR) is 127 cm³/mol. The van der Waals surface area contributed by atoms with E-state index in [1.807, 2.05) is 0 Å². The maximum atomic E-state index is 13.4. The number of carbonyl (C=O) groups excluding carboxylic acids is 4. The predicted octanol–water partition coefficient (Wildman–Crippen LogP) is 3.03. The van der Waals surface area contributed by atoms with Gasteiger partial charge in [-0.15, -0.1) is 0 Å². The molecule has 0 aromatic heterocycles. The molecule has 178 valence electrons. The molecule has 35 heavy (non-hydrogen) atoms. The largest absolute Gasteiger partial charge is 0.497 e. The molecular weight excluding hydrogens is 453 g/mol. The molecule has 1 aliphatic rings. The average Bonchev–Trinajstić information content (AvgIpc) is 3.10. The molecular formula is C26H22FN3O5. The molecule has 0 fully saturated rings. The lowest BCUT2D eigenvalue weighted by atomic mass is 10.1. The van der Waals surface area contributed by atoms with Gasteiger partial charge in [0.15, 0.2) is 0 Å². The average molecular weight is 475 g/mol. The van der Waals surface area contributed by atoms with Crippen molar-refractivity contribution in [3.63, 3.8) is 0 Å². The minimum absolute atomic E-state index is 0.00672. The summed E-state index contributed by atoms with van der Waals surface area (Å²) in [5.41, 5.74) is 1.69. The summed E-state index contributed by atoms with van der Waals surface area (Å²) in [6.45, 7) is -0.731. The maximum absolute atomic E-state index is 13.4. The van der Waals surface area contributed by atoms with Crippen molar-refractivity contribution in [3.05, 3.63) is 89.7 Å². The Labute approximate surface area is 200 Å². The quantitative estimate of drug-likeness (QED) is 0.506. The highest BCUT2D eigenvalue weighted by atomic mass is 19.1. The van der Waals surface area contributed by atoms with Crippen molar-refractivity contribution in [1.82, 2.24) is 4.90 Å². The minimum Gasteiger partial charge on any atom is -0.497 e. The molecule has 0 aliphatic carbocycles. The second kappa shape index (κ2) is 10.2. The Morgan fingerprint density at radius 1 is 0.971 bits per heavy atom. The fourth-order valence-electron chi connectivity index (χ4n) is 3.73. The van der Waals surface area contributed by atoms with Gasteiger partial charge in [0.2, 0.25) is 11.8 Å². The molecule has 1 heterocycles. The van der Waals surface area contributed by atoms with Gasteiger partial charge >= 0.3 is 0 Å². The Morgan fingerprint density at radius 2 is 1.66 bits per heavy atom. The zero-order valence-corrected chi connectivity index (χ0v) is 18.9. The van der Waals surface area contributed by atoms with Gasteiger partial charge in [0.25, 0.3) is 11.7 Å². The number of ether oxygens (including phenoxy) is 1. The Morgan fingerprint density at radius 3 is 2.34 bits per heavy atom. The molecule has 0 spiro atoms. The Bertz CT molecular complexity index is 1270. The molecule has 0 radical (unpaired) electrons. The van der Waals surface area contributed by atoms with Gasteiger partial charge in [-0.25, -0.2) is 4.39 Å². The van der Waals surface area contributed by atoms with Gasteiger partial charge in [-0.05, 0) is 54.1 Å². The number of anilines is 2. The van der Waals surface area contributed by atoms with Gasteiger partial charge in [-0.2, -0.15) is 0 Å². The third-order valence-electron chi connectivity index (χ3n) is 5.52. The summed E-state index contributed by atoms with van der Waals surface area (Å²) in [6.07, 6.45) is 0. The number of amides is 3. The fraction of sp³-hybridized carbons (Fsp3) is 0.154. The number of Topliss-reactive ketones (excluding diaryl/α,β-unsaturated/α-hetero) is 1. The van der Waals surface area contributed by atoms with Crippen LogP contribution in [0.4, 0.5) is 15.8 Å². The Kier molecular flexibility index (Phi) is 6.86. The van der Waals surface area contributed by atoms with Crippen LogP contribution in [0.5, 0.6) is 5.75 Å². The van der Waals surface area contributed by atoms with E-state index < -0.39 is 35.9 Å². The van der Waals surface area contributed by atoms with Gasteiger partial charge in [0, 0.05) is 12.2 Å². The number of ketones is 1. The smallest absolute Gasteiger partial charge is 0.299 e. The highest BCUT2D eigenvalue weighted by Crippen LogP contribution is 2.28. The van der Waals surface area contributed by atoms with Crippen LogP contribution in [0.15, 0.2) is 72.8 Å². The Hall–Kier alpha value is -4.53. The summed E-state index contributed by atoms with van der Waals surface area (Å²) in [6, 6.07) is 18.7. The van der Waals surface area contributed by atoms with Gasteiger partial charge in [0.1, 0.15) is 24.7 Å². The highest BCUT2D eigenvalue weighted by molar-refractivity contribution is 6.52. The van der Waals surface area contributed by atoms with E-state index in [0.717, 1.165) is 4.90 Å². The van der Waals surface area contributed by atoms with Gasteiger partial charge < -0.3 is 15.0 Å². The van der Waals surface area contributed by atoms with Crippen molar-refractivity contribution in [1.29, 1.82) is 0 Å². The van der Waals surface area contributed by atoms with Gasteiger partial charge in [-0.3, -0.25) is 24.1 Å². The second-order valence-corrected chi connectivity index (χ2v) is 7.89. The maximum Gasteiger partial charge on any atom is 0.299 e. The lowest BCUT2D eigenvalue weighted by Crippen LogP contribution is -2.45. The van der Waals surface area contributed by atoms with Crippen LogP contribution in [-0.4, -0.2) is 48.6 Å². The van der Waals surface area contributed by atoms with Crippen molar-refractivity contribution in [2.45, 2.75) is 6.54 Å². The number of hydrogen-bond acceptors (Lipinski definition) is 5. The van der Waals surface area contributed by atoms with E-state index in [1.165, 1.54) is 42.3 Å². The van der Waals surface area contributed by atoms with Crippen LogP contribution in [-0.2, 0) is 20.9 Å². The molecule has 0 saturated heterocycles. The normalized spacial score (nSPS) is 12.3. The van der Waals surface area contributed by atoms with Crippen LogP contribution < -0.4 is 15.0 Å². The van der Waals surface area contributed by atoms with Crippen LogP contribution in [0, 0.1) is 5.82 Å². The molecule has 8 nitrogen and oxygen atoms in total. The summed E-state index contributed by atoms with van der Waals surface area (Å²) in [5.74, 6) is -2.30. The number of carbonyl (C=O) groups is 4. The zero-order valence-electron chi connectivity index (χ0n) is 18.9. The second-order valence-electron chi connectivity index (χ2n) is 7.89. The number of halogens is 1. The van der Waals surface area contributed by atoms with Crippen LogP contribution in [0.3, 0.4) is 0 Å². The van der Waals surface area contributed by atoms with Crippen molar-refractivity contribution < 1.29 is 28.3 Å². The van der Waals surface area contributed by atoms with Gasteiger partial charge in [-0.1, -0.05) is 24.3 Å². The first-order chi connectivity index (χ1) is 16.9. The number of nitrogens with one attached hydrogen (secondary N) is 1. The topological polar surface area (TPSA) is 96.0 Å². The van der Waals surface area contributed by atoms with E-state index >= 15 is 0 Å². The van der Waals surface area contributed by atoms with Crippen molar-refractivity contribution >= 4 is 34.9 Å². The van der Waals surface area contributed by atoms with Crippen LogP contribution in [0.25, 0.3) is 0 Å². The number of rotatable bonds is 8. The number of benzene rings is 3. The molecule has 3 aromatic carbocycles. The summed E-state index contributed by atoms with van der Waals surface area (Å²) in [5, 5.41) is 2.72. The molecule has 9 heteroatoms. The third-order valence-corrected chi connectivity index (χ3v) is 5.52. The molecule has 4 rings (SSSR count). The molecule has 1 N–H and O–H groups in total. The fourth-order valence-corrected chi connectivity index (χ4v) is 3.73. The van der Waals surface area contributed by atoms with E-state index in [4.69, 9.17) is 4.74 Å². The summed E-state index contributed by atoms with van der Waals surface area (Å²) in [4.78, 5) is 53.2. The van der Waals surface area contributed by atoms with E-state index in [-0.39, 0.29) is 18.7 Å². The summed E-state index contributed by atoms with van der Waals surface area (Å²) in [7, 11) is 1.53. The lowest BCUT2D eigenvalue weighted by Gasteiger charge is -2.25. The minimum atomic E-state index is -0.802. The number of hydrogen-bond donors (Lipinski definition) is 1. The van der Waals surface area contributed by atoms with Crippen LogP contribution >= 0.6 is 0 Å². The van der Waals surface area contributed by atoms with E-state index in [9.17, 15) is 23.6 Å². The van der Waals surface area contributed by atoms with Crippen LogP contribution in [0.2, 0.25) is 0 Å². The molecule has 3 amide bonds. The first kappa shape index (κ1) is 23.6. The molecule has 0 saturated carbocycles. The molecule has 1 aliphatic heterocycles. The first-order valence-electron chi connectivity index (χ1n) is 10.8. The van der Waals surface area contributed by atoms with Crippen molar-refractivity contribution in [2.24, 2.45) is 0 Å². The highest BCUT2D eigenvalue weighted by Gasteiger charge is 2.37. The molecule has 3 aromatic rings. The summed E-state index contributed by atoms with van der Waals surface area (Å²) >= 11 is 0. The van der Waals surface area contributed by atoms with Crippen LogP contribution in [0.1, 0.15) is 15.9 Å². The molecule has 0 unspecified atom stereocenters. The molecule has 0 bridgehead atoms. The van der Waals surface area contributed by atoms with Crippen molar-refractivity contribution in [3.8, 4) is 5.75 Å². The number of fused-ring (bicyclic) bond motifs is 1. The number of methoxy groups -OCH3 is 1. The number of nitrogens with zero attached hydrogens (tertiary/aromatic N) is 2. The monoisotopic (exact) mass is 475 g/mol. The summed E-state index contributed by atoms with van der Waals surface area (Å²) < 4.78 is 18.5. The van der Waals surface area contributed by atoms with Crippen molar-refractivity contribution in [2.75, 3.05) is 30.4 Å². The Balaban J connectivity index is 1.52. The standard InChI is InChI=1S/C26H22FN3O5/c1-35-20-12-10-19(11-13-20)28-23(31)15-29(14-17-6-8-18(27)9-7-17)24(32)16-30-22-5-3-2-4-21(22)25(33)26(30)34/h2-13H,14-16H2,1H3,(H,28,31). The van der Waals surface area contributed by atoms with Gasteiger partial charge in [0.05, 0.1) is 18.4 Å². The zero-order chi connectivity index (χ0) is 24.9. The number of para-hydroxylation sites is 1. The third kappa shape index (κ3) is 5.35. The SMILES string of the molecule is COc1ccc(NC(=O)CN(Cc2ccc(F)cc2)C(=O)CN2C(=O)C(=O)c3ccccc32)cc1. The lowest BCUT2D eigenvalue weighted by molar-refractivity contribution is -0.134. The van der Waals surface area contributed by atoms with E-state index in [1.54, 1.807) is 42.5 Å². The molecule has 0 atom stereocenters.